The molecule has 3 rings (SSSR count). The van der Waals surface area contributed by atoms with Crippen molar-refractivity contribution >= 4 is 10.8 Å². The van der Waals surface area contributed by atoms with E-state index in [1.807, 2.05) is 42.5 Å². The van der Waals surface area contributed by atoms with Gasteiger partial charge in [0.05, 0.1) is 12.5 Å². The molecule has 0 spiro atoms. The number of fused-ring (bicyclic) bond motifs is 1. The largest absolute Gasteiger partial charge is 0.472 e. The van der Waals surface area contributed by atoms with E-state index in [4.69, 9.17) is 4.42 Å². The molecule has 0 radical (unpaired) electrons. The van der Waals surface area contributed by atoms with Gasteiger partial charge in [0.15, 0.2) is 0 Å². The molecule has 0 saturated carbocycles. The van der Waals surface area contributed by atoms with E-state index < -0.39 is 6.10 Å². The summed E-state index contributed by atoms with van der Waals surface area (Å²) in [4.78, 5) is 0. The number of benzene rings is 2. The van der Waals surface area contributed by atoms with Crippen LogP contribution in [0.2, 0.25) is 0 Å². The summed E-state index contributed by atoms with van der Waals surface area (Å²) in [6, 6.07) is 15.8. The van der Waals surface area contributed by atoms with Gasteiger partial charge in [-0.25, -0.2) is 0 Å². The van der Waals surface area contributed by atoms with Gasteiger partial charge in [-0.3, -0.25) is 0 Å². The van der Waals surface area contributed by atoms with Crippen molar-refractivity contribution in [1.82, 2.24) is 0 Å². The first kappa shape index (κ1) is 10.1. The average molecular weight is 224 g/mol. The summed E-state index contributed by atoms with van der Waals surface area (Å²) in [5.74, 6) is 0. The maximum Gasteiger partial charge on any atom is 0.108 e. The molecule has 1 heterocycles. The molecule has 0 unspecified atom stereocenters. The molecule has 0 fully saturated rings. The Morgan fingerprint density at radius 3 is 2.59 bits per heavy atom. The fourth-order valence-corrected chi connectivity index (χ4v) is 2.10. The van der Waals surface area contributed by atoms with Crippen LogP contribution >= 0.6 is 0 Å². The molecule has 1 atom stereocenters. The van der Waals surface area contributed by atoms with E-state index in [0.717, 1.165) is 21.9 Å². The van der Waals surface area contributed by atoms with Crippen molar-refractivity contribution < 1.29 is 9.52 Å². The fourth-order valence-electron chi connectivity index (χ4n) is 2.10. The summed E-state index contributed by atoms with van der Waals surface area (Å²) >= 11 is 0. The summed E-state index contributed by atoms with van der Waals surface area (Å²) in [5, 5.41) is 12.5. The van der Waals surface area contributed by atoms with Crippen molar-refractivity contribution in [3.63, 3.8) is 0 Å². The van der Waals surface area contributed by atoms with Gasteiger partial charge in [0.25, 0.3) is 0 Å². The van der Waals surface area contributed by atoms with Crippen molar-refractivity contribution in [2.75, 3.05) is 0 Å². The predicted octanol–water partition coefficient (Wildman–Crippen LogP) is 3.51. The van der Waals surface area contributed by atoms with E-state index in [-0.39, 0.29) is 0 Å². The molecule has 1 aromatic heterocycles. The third-order valence-corrected chi connectivity index (χ3v) is 2.98. The summed E-state index contributed by atoms with van der Waals surface area (Å²) in [5.41, 5.74) is 1.69. The molecular formula is C15H12O2. The number of rotatable bonds is 2. The topological polar surface area (TPSA) is 33.4 Å². The normalized spacial score (nSPS) is 12.8. The Bertz CT molecular complexity index is 621. The van der Waals surface area contributed by atoms with E-state index >= 15 is 0 Å². The van der Waals surface area contributed by atoms with Crippen molar-refractivity contribution in [1.29, 1.82) is 0 Å². The number of aliphatic hydroxyl groups is 1. The minimum atomic E-state index is -0.639. The zero-order valence-electron chi connectivity index (χ0n) is 9.21. The first-order valence-corrected chi connectivity index (χ1v) is 5.54. The smallest absolute Gasteiger partial charge is 0.108 e. The third kappa shape index (κ3) is 1.73. The molecule has 1 N–H and O–H groups in total. The van der Waals surface area contributed by atoms with Crippen molar-refractivity contribution in [2.24, 2.45) is 0 Å². The number of hydrogen-bond acceptors (Lipinski definition) is 2. The van der Waals surface area contributed by atoms with Gasteiger partial charge >= 0.3 is 0 Å². The van der Waals surface area contributed by atoms with E-state index in [9.17, 15) is 5.11 Å². The summed E-state index contributed by atoms with van der Waals surface area (Å²) in [7, 11) is 0. The molecule has 2 heteroatoms. The van der Waals surface area contributed by atoms with Crippen molar-refractivity contribution in [3.05, 3.63) is 72.2 Å². The highest BCUT2D eigenvalue weighted by atomic mass is 16.3. The molecule has 0 bridgehead atoms. The molecule has 2 nitrogen and oxygen atoms in total. The van der Waals surface area contributed by atoms with Gasteiger partial charge in [-0.1, -0.05) is 42.5 Å². The lowest BCUT2D eigenvalue weighted by molar-refractivity contribution is 0.221. The van der Waals surface area contributed by atoms with Crippen LogP contribution in [0.1, 0.15) is 17.2 Å². The quantitative estimate of drug-likeness (QED) is 0.722. The number of aliphatic hydroxyl groups excluding tert-OH is 1. The molecule has 0 aliphatic carbocycles. The molecule has 0 aliphatic rings. The second-order valence-electron chi connectivity index (χ2n) is 4.03. The minimum absolute atomic E-state index is 0.639. The molecule has 84 valence electrons. The molecule has 0 saturated heterocycles. The van der Waals surface area contributed by atoms with E-state index in [2.05, 4.69) is 0 Å². The molecule has 0 amide bonds. The fraction of sp³-hybridized carbons (Fsp3) is 0.0667. The third-order valence-electron chi connectivity index (χ3n) is 2.98. The lowest BCUT2D eigenvalue weighted by atomic mass is 9.97. The standard InChI is InChI=1S/C15H12O2/c16-15(12-8-9-17-10-12)14-7-3-5-11-4-1-2-6-13(11)14/h1-10,15-16H/t15-/m0/s1. The van der Waals surface area contributed by atoms with Crippen LogP contribution in [0.4, 0.5) is 0 Å². The summed E-state index contributed by atoms with van der Waals surface area (Å²) in [6.07, 6.45) is 2.51. The van der Waals surface area contributed by atoms with Gasteiger partial charge in [0.2, 0.25) is 0 Å². The van der Waals surface area contributed by atoms with Crippen LogP contribution in [-0.4, -0.2) is 5.11 Å². The molecule has 0 aliphatic heterocycles. The Labute approximate surface area is 99.1 Å². The second kappa shape index (κ2) is 4.07. The highest BCUT2D eigenvalue weighted by Gasteiger charge is 2.13. The minimum Gasteiger partial charge on any atom is -0.472 e. The van der Waals surface area contributed by atoms with Crippen molar-refractivity contribution in [2.45, 2.75) is 6.10 Å². The Balaban J connectivity index is 2.17. The average Bonchev–Trinajstić information content (AvgIpc) is 2.91. The van der Waals surface area contributed by atoms with Crippen LogP contribution in [0, 0.1) is 0 Å². The predicted molar refractivity (Wildman–Crippen MR) is 66.7 cm³/mol. The molecule has 3 aromatic rings. The van der Waals surface area contributed by atoms with Gasteiger partial charge in [-0.05, 0) is 22.4 Å². The maximum atomic E-state index is 10.3. The van der Waals surface area contributed by atoms with Gasteiger partial charge in [-0.15, -0.1) is 0 Å². The first-order chi connectivity index (χ1) is 8.36. The maximum absolute atomic E-state index is 10.3. The lowest BCUT2D eigenvalue weighted by Crippen LogP contribution is -1.98. The van der Waals surface area contributed by atoms with Gasteiger partial charge in [0, 0.05) is 5.56 Å². The van der Waals surface area contributed by atoms with Gasteiger partial charge in [0.1, 0.15) is 6.10 Å². The monoisotopic (exact) mass is 224 g/mol. The van der Waals surface area contributed by atoms with E-state index in [0.29, 0.717) is 0 Å². The van der Waals surface area contributed by atoms with Gasteiger partial charge in [-0.2, -0.15) is 0 Å². The van der Waals surface area contributed by atoms with Gasteiger partial charge < -0.3 is 9.52 Å². The Hall–Kier alpha value is -2.06. The summed E-state index contributed by atoms with van der Waals surface area (Å²) in [6.45, 7) is 0. The highest BCUT2D eigenvalue weighted by molar-refractivity contribution is 5.86. The Morgan fingerprint density at radius 2 is 1.76 bits per heavy atom. The number of hydrogen-bond donors (Lipinski definition) is 1. The molecule has 17 heavy (non-hydrogen) atoms. The zero-order chi connectivity index (χ0) is 11.7. The van der Waals surface area contributed by atoms with Crippen LogP contribution < -0.4 is 0 Å². The zero-order valence-corrected chi connectivity index (χ0v) is 9.21. The van der Waals surface area contributed by atoms with Crippen LogP contribution in [0.25, 0.3) is 10.8 Å². The number of furan rings is 1. The van der Waals surface area contributed by atoms with Crippen molar-refractivity contribution in [3.8, 4) is 0 Å². The SMILES string of the molecule is O[C@@H](c1ccoc1)c1cccc2ccccc12. The molecule has 2 aromatic carbocycles. The Morgan fingerprint density at radius 1 is 0.941 bits per heavy atom. The summed E-state index contributed by atoms with van der Waals surface area (Å²) < 4.78 is 5.01. The molecular weight excluding hydrogens is 212 g/mol. The van der Waals surface area contributed by atoms with Crippen LogP contribution in [-0.2, 0) is 0 Å². The highest BCUT2D eigenvalue weighted by Crippen LogP contribution is 2.28. The second-order valence-corrected chi connectivity index (χ2v) is 4.03. The van der Waals surface area contributed by atoms with Crippen LogP contribution in [0.15, 0.2) is 65.5 Å². The Kier molecular flexibility index (Phi) is 2.42. The van der Waals surface area contributed by atoms with E-state index in [1.165, 1.54) is 0 Å². The van der Waals surface area contributed by atoms with E-state index in [1.54, 1.807) is 18.6 Å². The van der Waals surface area contributed by atoms with Crippen LogP contribution in [0.5, 0.6) is 0 Å². The lowest BCUT2D eigenvalue weighted by Gasteiger charge is -2.11. The van der Waals surface area contributed by atoms with Crippen LogP contribution in [0.3, 0.4) is 0 Å². The first-order valence-electron chi connectivity index (χ1n) is 5.54.